The van der Waals surface area contributed by atoms with Gasteiger partial charge in [0.25, 0.3) is 0 Å². The fourth-order valence-corrected chi connectivity index (χ4v) is 1.86. The van der Waals surface area contributed by atoms with Crippen molar-refractivity contribution in [3.8, 4) is 0 Å². The van der Waals surface area contributed by atoms with Crippen LogP contribution in [-0.2, 0) is 0 Å². The third-order valence-electron chi connectivity index (χ3n) is 2.71. The van der Waals surface area contributed by atoms with E-state index in [4.69, 9.17) is 0 Å². The SMILES string of the molecule is c1ccc2nc3ccccc3cc2c1.c1conn1. The van der Waals surface area contributed by atoms with Crippen molar-refractivity contribution < 1.29 is 4.52 Å². The Balaban J connectivity index is 0.000000187. The maximum Gasteiger partial charge on any atom is 0.144 e. The number of aromatic nitrogens is 3. The van der Waals surface area contributed by atoms with Crippen molar-refractivity contribution in [1.29, 1.82) is 0 Å². The summed E-state index contributed by atoms with van der Waals surface area (Å²) in [5, 5.41) is 8.80. The quantitative estimate of drug-likeness (QED) is 0.448. The van der Waals surface area contributed by atoms with Crippen LogP contribution in [0.2, 0.25) is 0 Å². The van der Waals surface area contributed by atoms with Crippen molar-refractivity contribution in [2.45, 2.75) is 0 Å². The first-order chi connectivity index (χ1) is 9.43. The van der Waals surface area contributed by atoms with E-state index in [1.165, 1.54) is 23.2 Å². The van der Waals surface area contributed by atoms with Gasteiger partial charge in [-0.25, -0.2) is 4.98 Å². The minimum atomic E-state index is 1.06. The second-order valence-corrected chi connectivity index (χ2v) is 3.96. The molecule has 0 amide bonds. The lowest BCUT2D eigenvalue weighted by molar-refractivity contribution is 0.393. The Hall–Kier alpha value is -2.75. The Labute approximate surface area is 109 Å². The van der Waals surface area contributed by atoms with Crippen molar-refractivity contribution in [3.05, 3.63) is 67.1 Å². The summed E-state index contributed by atoms with van der Waals surface area (Å²) in [4.78, 5) is 4.58. The molecular formula is C15H11N3O. The van der Waals surface area contributed by atoms with Crippen molar-refractivity contribution in [2.24, 2.45) is 0 Å². The summed E-state index contributed by atoms with van der Waals surface area (Å²) in [6.07, 6.45) is 2.88. The zero-order valence-corrected chi connectivity index (χ0v) is 10.1. The molecule has 4 rings (SSSR count). The molecule has 2 aromatic carbocycles. The van der Waals surface area contributed by atoms with Gasteiger partial charge in [-0.05, 0) is 18.2 Å². The zero-order valence-electron chi connectivity index (χ0n) is 10.1. The summed E-state index contributed by atoms with van der Waals surface area (Å²) < 4.78 is 4.22. The minimum Gasteiger partial charge on any atom is -0.346 e. The lowest BCUT2D eigenvalue weighted by Gasteiger charge is -1.99. The average Bonchev–Trinajstić information content (AvgIpc) is 3.04. The van der Waals surface area contributed by atoms with Gasteiger partial charge >= 0.3 is 0 Å². The van der Waals surface area contributed by atoms with E-state index in [1.54, 1.807) is 0 Å². The Morgan fingerprint density at radius 3 is 1.89 bits per heavy atom. The normalized spacial score (nSPS) is 10.1. The van der Waals surface area contributed by atoms with Gasteiger partial charge < -0.3 is 4.52 Å². The number of fused-ring (bicyclic) bond motifs is 2. The lowest BCUT2D eigenvalue weighted by atomic mass is 10.1. The van der Waals surface area contributed by atoms with E-state index in [0.29, 0.717) is 0 Å². The van der Waals surface area contributed by atoms with Crippen LogP contribution in [0, 0.1) is 0 Å². The maximum absolute atomic E-state index is 4.58. The summed E-state index contributed by atoms with van der Waals surface area (Å²) in [7, 11) is 0. The van der Waals surface area contributed by atoms with Gasteiger partial charge in [0.05, 0.1) is 17.2 Å². The predicted molar refractivity (Wildman–Crippen MR) is 73.5 cm³/mol. The van der Waals surface area contributed by atoms with Crippen molar-refractivity contribution >= 4 is 21.8 Å². The predicted octanol–water partition coefficient (Wildman–Crippen LogP) is 3.46. The highest BCUT2D eigenvalue weighted by Crippen LogP contribution is 2.18. The van der Waals surface area contributed by atoms with Gasteiger partial charge in [-0.3, -0.25) is 0 Å². The molecular weight excluding hydrogens is 238 g/mol. The van der Waals surface area contributed by atoms with Gasteiger partial charge in [0, 0.05) is 16.0 Å². The van der Waals surface area contributed by atoms with E-state index >= 15 is 0 Å². The monoisotopic (exact) mass is 249 g/mol. The molecule has 2 heterocycles. The molecule has 0 aliphatic carbocycles. The van der Waals surface area contributed by atoms with Gasteiger partial charge in [0.1, 0.15) is 6.26 Å². The van der Waals surface area contributed by atoms with Crippen LogP contribution in [0.1, 0.15) is 0 Å². The van der Waals surface area contributed by atoms with Gasteiger partial charge in [-0.15, -0.1) is 5.10 Å². The molecule has 0 aliphatic rings. The Kier molecular flexibility index (Phi) is 3.14. The first kappa shape index (κ1) is 11.3. The van der Waals surface area contributed by atoms with E-state index in [2.05, 4.69) is 38.1 Å². The molecule has 0 spiro atoms. The maximum atomic E-state index is 4.58. The molecule has 0 saturated carbocycles. The van der Waals surface area contributed by atoms with Crippen LogP contribution < -0.4 is 0 Å². The van der Waals surface area contributed by atoms with Gasteiger partial charge in [0.15, 0.2) is 0 Å². The number of rotatable bonds is 0. The number of hydrogen-bond acceptors (Lipinski definition) is 4. The number of para-hydroxylation sites is 2. The topological polar surface area (TPSA) is 51.8 Å². The van der Waals surface area contributed by atoms with E-state index in [9.17, 15) is 0 Å². The minimum absolute atomic E-state index is 1.06. The van der Waals surface area contributed by atoms with Crippen LogP contribution in [0.4, 0.5) is 0 Å². The first-order valence-electron chi connectivity index (χ1n) is 5.89. The van der Waals surface area contributed by atoms with Crippen molar-refractivity contribution in [1.82, 2.24) is 15.4 Å². The summed E-state index contributed by atoms with van der Waals surface area (Å²) in [5.41, 5.74) is 2.12. The van der Waals surface area contributed by atoms with Crippen molar-refractivity contribution in [2.75, 3.05) is 0 Å². The number of benzene rings is 2. The largest absolute Gasteiger partial charge is 0.346 e. The van der Waals surface area contributed by atoms with E-state index in [1.807, 2.05) is 36.4 Å². The average molecular weight is 249 g/mol. The van der Waals surface area contributed by atoms with E-state index in [0.717, 1.165) is 11.0 Å². The van der Waals surface area contributed by atoms with Crippen LogP contribution in [0.15, 0.2) is 71.6 Å². The Morgan fingerprint density at radius 2 is 1.42 bits per heavy atom. The molecule has 2 aromatic heterocycles. The van der Waals surface area contributed by atoms with E-state index in [-0.39, 0.29) is 0 Å². The third kappa shape index (κ3) is 2.57. The molecule has 0 unspecified atom stereocenters. The highest BCUT2D eigenvalue weighted by Gasteiger charge is 1.96. The smallest absolute Gasteiger partial charge is 0.144 e. The second kappa shape index (κ2) is 5.27. The van der Waals surface area contributed by atoms with Crippen LogP contribution >= 0.6 is 0 Å². The molecule has 4 nitrogen and oxygen atoms in total. The molecule has 0 N–H and O–H groups in total. The molecule has 0 fully saturated rings. The van der Waals surface area contributed by atoms with Crippen LogP contribution in [0.3, 0.4) is 0 Å². The molecule has 0 aliphatic heterocycles. The Morgan fingerprint density at radius 1 is 0.789 bits per heavy atom. The zero-order chi connectivity index (χ0) is 12.9. The van der Waals surface area contributed by atoms with Crippen LogP contribution in [0.5, 0.6) is 0 Å². The van der Waals surface area contributed by atoms with Crippen LogP contribution in [0.25, 0.3) is 21.8 Å². The molecule has 92 valence electrons. The Bertz CT molecular complexity index is 659. The third-order valence-corrected chi connectivity index (χ3v) is 2.71. The number of pyridine rings is 1. The highest BCUT2D eigenvalue weighted by atomic mass is 16.5. The molecule has 4 heteroatoms. The first-order valence-corrected chi connectivity index (χ1v) is 5.89. The lowest BCUT2D eigenvalue weighted by Crippen LogP contribution is -1.80. The van der Waals surface area contributed by atoms with Gasteiger partial charge in [-0.2, -0.15) is 0 Å². The molecule has 0 atom stereocenters. The number of nitrogens with zero attached hydrogens (tertiary/aromatic N) is 3. The van der Waals surface area contributed by atoms with Gasteiger partial charge in [-0.1, -0.05) is 36.4 Å². The standard InChI is InChI=1S/C13H9N.C2H2N2O/c1-3-7-12-10(5-1)9-11-6-2-4-8-13(11)14-12;1-2-5-4-3-1/h1-9H;1-2H. The fraction of sp³-hybridized carbons (Fsp3) is 0. The fourth-order valence-electron chi connectivity index (χ4n) is 1.86. The summed E-state index contributed by atoms with van der Waals surface area (Å²) in [6.45, 7) is 0. The van der Waals surface area contributed by atoms with Crippen LogP contribution in [-0.4, -0.2) is 15.4 Å². The van der Waals surface area contributed by atoms with E-state index < -0.39 is 0 Å². The highest BCUT2D eigenvalue weighted by molar-refractivity contribution is 5.92. The summed E-state index contributed by atoms with van der Waals surface area (Å²) in [6, 6.07) is 18.6. The number of hydrogen-bond donors (Lipinski definition) is 0. The second-order valence-electron chi connectivity index (χ2n) is 3.96. The van der Waals surface area contributed by atoms with Crippen molar-refractivity contribution in [3.63, 3.8) is 0 Å². The molecule has 0 radical (unpaired) electrons. The molecule has 0 bridgehead atoms. The molecule has 19 heavy (non-hydrogen) atoms. The molecule has 0 saturated heterocycles. The summed E-state index contributed by atoms with van der Waals surface area (Å²) >= 11 is 0. The van der Waals surface area contributed by atoms with Gasteiger partial charge in [0.2, 0.25) is 0 Å². The summed E-state index contributed by atoms with van der Waals surface area (Å²) in [5.74, 6) is 0. The molecule has 4 aromatic rings.